The lowest BCUT2D eigenvalue weighted by Crippen LogP contribution is -2.34. The first-order valence-corrected chi connectivity index (χ1v) is 6.72. The number of nitrogens with one attached hydrogen (secondary N) is 1. The normalized spacial score (nSPS) is 12.3. The molecule has 0 aliphatic carbocycles. The molecule has 0 fully saturated rings. The van der Waals surface area contributed by atoms with E-state index in [1.807, 2.05) is 6.92 Å². The van der Waals surface area contributed by atoms with Gasteiger partial charge in [-0.1, -0.05) is 0 Å². The highest BCUT2D eigenvalue weighted by atomic mass is 32.1. The van der Waals surface area contributed by atoms with Gasteiger partial charge < -0.3 is 5.32 Å². The van der Waals surface area contributed by atoms with Crippen molar-refractivity contribution in [1.82, 2.24) is 5.32 Å². The monoisotopic (exact) mass is 269 g/mol. The Balaban J connectivity index is 2.45. The zero-order chi connectivity index (χ0) is 13.5. The highest BCUT2D eigenvalue weighted by molar-refractivity contribution is 7.19. The minimum atomic E-state index is -0.346. The van der Waals surface area contributed by atoms with Crippen LogP contribution in [0.25, 0.3) is 10.1 Å². The molecule has 1 aromatic carbocycles. The Kier molecular flexibility index (Phi) is 3.43. The first kappa shape index (κ1) is 13.4. The molecule has 0 spiro atoms. The van der Waals surface area contributed by atoms with Crippen molar-refractivity contribution < 1.29 is 8.78 Å². The van der Waals surface area contributed by atoms with Crippen LogP contribution in [0.1, 0.15) is 31.2 Å². The molecule has 98 valence electrons. The zero-order valence-electron chi connectivity index (χ0n) is 11.0. The van der Waals surface area contributed by atoms with Gasteiger partial charge >= 0.3 is 0 Å². The van der Waals surface area contributed by atoms with E-state index >= 15 is 0 Å². The zero-order valence-corrected chi connectivity index (χ0v) is 11.8. The van der Waals surface area contributed by atoms with Crippen LogP contribution in [-0.4, -0.2) is 5.54 Å². The molecular formula is C14H17F2NS. The van der Waals surface area contributed by atoms with E-state index < -0.39 is 0 Å². The molecule has 2 aromatic rings. The Morgan fingerprint density at radius 2 is 1.78 bits per heavy atom. The number of hydrogen-bond donors (Lipinski definition) is 1. The molecule has 1 nitrogen and oxygen atoms in total. The Morgan fingerprint density at radius 3 is 2.33 bits per heavy atom. The van der Waals surface area contributed by atoms with Crippen molar-refractivity contribution >= 4 is 21.4 Å². The predicted octanol–water partition coefficient (Wildman–Crippen LogP) is 4.38. The summed E-state index contributed by atoms with van der Waals surface area (Å²) < 4.78 is 27.8. The number of halogens is 2. The van der Waals surface area contributed by atoms with Crippen molar-refractivity contribution in [2.45, 2.75) is 39.8 Å². The van der Waals surface area contributed by atoms with Gasteiger partial charge in [-0.3, -0.25) is 0 Å². The fourth-order valence-corrected chi connectivity index (χ4v) is 3.00. The van der Waals surface area contributed by atoms with Gasteiger partial charge in [-0.15, -0.1) is 11.3 Å². The van der Waals surface area contributed by atoms with Crippen molar-refractivity contribution in [2.75, 3.05) is 0 Å². The van der Waals surface area contributed by atoms with Crippen LogP contribution in [0.3, 0.4) is 0 Å². The van der Waals surface area contributed by atoms with Gasteiger partial charge in [-0.05, 0) is 45.4 Å². The van der Waals surface area contributed by atoms with E-state index in [2.05, 4.69) is 26.1 Å². The van der Waals surface area contributed by atoms with Crippen LogP contribution in [-0.2, 0) is 6.54 Å². The van der Waals surface area contributed by atoms with Gasteiger partial charge in [-0.2, -0.15) is 0 Å². The first-order valence-electron chi connectivity index (χ1n) is 5.90. The summed E-state index contributed by atoms with van der Waals surface area (Å²) in [6.45, 7) is 8.68. The van der Waals surface area contributed by atoms with Gasteiger partial charge in [0.15, 0.2) is 0 Å². The standard InChI is InChI=1S/C14H17F2NS/c1-8-11(7-17-14(2,3)4)18-13-10(16)6-5-9(15)12(8)13/h5-6,17H,7H2,1-4H3. The Bertz CT molecular complexity index is 581. The van der Waals surface area contributed by atoms with Gasteiger partial charge in [0.1, 0.15) is 11.6 Å². The minimum Gasteiger partial charge on any atom is -0.307 e. The molecule has 0 aliphatic rings. The Morgan fingerprint density at radius 1 is 1.17 bits per heavy atom. The predicted molar refractivity (Wildman–Crippen MR) is 73.1 cm³/mol. The molecule has 0 amide bonds. The van der Waals surface area contributed by atoms with Crippen LogP contribution in [0.2, 0.25) is 0 Å². The van der Waals surface area contributed by atoms with Gasteiger partial charge in [0.2, 0.25) is 0 Å². The molecule has 0 atom stereocenters. The minimum absolute atomic E-state index is 0.0142. The van der Waals surface area contributed by atoms with E-state index in [-0.39, 0.29) is 17.2 Å². The summed E-state index contributed by atoms with van der Waals surface area (Å²) in [5, 5.41) is 3.77. The molecule has 0 saturated carbocycles. The van der Waals surface area contributed by atoms with Crippen LogP contribution in [0.5, 0.6) is 0 Å². The van der Waals surface area contributed by atoms with E-state index in [0.29, 0.717) is 16.6 Å². The third kappa shape index (κ3) is 2.54. The third-order valence-corrected chi connectivity index (χ3v) is 4.16. The van der Waals surface area contributed by atoms with Crippen molar-refractivity contribution in [3.8, 4) is 0 Å². The van der Waals surface area contributed by atoms with Crippen molar-refractivity contribution in [3.05, 3.63) is 34.2 Å². The SMILES string of the molecule is Cc1c(CNC(C)(C)C)sc2c(F)ccc(F)c12. The number of benzene rings is 1. The third-order valence-electron chi connectivity index (χ3n) is 2.86. The van der Waals surface area contributed by atoms with E-state index in [0.717, 1.165) is 10.4 Å². The van der Waals surface area contributed by atoms with Crippen LogP contribution in [0.4, 0.5) is 8.78 Å². The average molecular weight is 269 g/mol. The molecule has 1 heterocycles. The van der Waals surface area contributed by atoms with Crippen LogP contribution in [0.15, 0.2) is 12.1 Å². The van der Waals surface area contributed by atoms with Crippen LogP contribution < -0.4 is 5.32 Å². The molecule has 4 heteroatoms. The summed E-state index contributed by atoms with van der Waals surface area (Å²) >= 11 is 1.33. The second-order valence-corrected chi connectivity index (χ2v) is 6.59. The maximum Gasteiger partial charge on any atom is 0.141 e. The lowest BCUT2D eigenvalue weighted by atomic mass is 10.1. The number of rotatable bonds is 2. The fourth-order valence-electron chi connectivity index (χ4n) is 1.84. The molecule has 0 radical (unpaired) electrons. The molecule has 0 aliphatic heterocycles. The molecule has 0 unspecified atom stereocenters. The Labute approximate surface area is 110 Å². The molecule has 2 rings (SSSR count). The summed E-state index contributed by atoms with van der Waals surface area (Å²) in [6, 6.07) is 2.38. The lowest BCUT2D eigenvalue weighted by Gasteiger charge is -2.20. The number of thiophene rings is 1. The number of hydrogen-bond acceptors (Lipinski definition) is 2. The maximum absolute atomic E-state index is 13.7. The highest BCUT2D eigenvalue weighted by Gasteiger charge is 2.17. The van der Waals surface area contributed by atoms with E-state index in [9.17, 15) is 8.78 Å². The molecular weight excluding hydrogens is 252 g/mol. The molecule has 0 saturated heterocycles. The summed E-state index contributed by atoms with van der Waals surface area (Å²) in [7, 11) is 0. The van der Waals surface area contributed by atoms with Gasteiger partial charge in [-0.25, -0.2) is 8.78 Å². The van der Waals surface area contributed by atoms with Crippen LogP contribution >= 0.6 is 11.3 Å². The molecule has 1 N–H and O–H groups in total. The second kappa shape index (κ2) is 4.59. The van der Waals surface area contributed by atoms with E-state index in [1.54, 1.807) is 0 Å². The fraction of sp³-hybridized carbons (Fsp3) is 0.429. The average Bonchev–Trinajstić information content (AvgIpc) is 2.59. The van der Waals surface area contributed by atoms with Crippen LogP contribution in [0, 0.1) is 18.6 Å². The quantitative estimate of drug-likeness (QED) is 0.853. The largest absolute Gasteiger partial charge is 0.307 e. The molecule has 18 heavy (non-hydrogen) atoms. The first-order chi connectivity index (χ1) is 8.29. The topological polar surface area (TPSA) is 12.0 Å². The summed E-state index contributed by atoms with van der Waals surface area (Å²) in [5.74, 6) is -0.691. The highest BCUT2D eigenvalue weighted by Crippen LogP contribution is 2.34. The van der Waals surface area contributed by atoms with Crippen molar-refractivity contribution in [2.24, 2.45) is 0 Å². The van der Waals surface area contributed by atoms with Gasteiger partial charge in [0.05, 0.1) is 4.70 Å². The van der Waals surface area contributed by atoms with E-state index in [4.69, 9.17) is 0 Å². The van der Waals surface area contributed by atoms with Gasteiger partial charge in [0, 0.05) is 22.3 Å². The van der Waals surface area contributed by atoms with Gasteiger partial charge in [0.25, 0.3) is 0 Å². The molecule has 1 aromatic heterocycles. The molecule has 0 bridgehead atoms. The summed E-state index contributed by atoms with van der Waals surface area (Å²) in [6.07, 6.45) is 0. The lowest BCUT2D eigenvalue weighted by molar-refractivity contribution is 0.426. The second-order valence-electron chi connectivity index (χ2n) is 5.49. The number of aryl methyl sites for hydroxylation is 1. The van der Waals surface area contributed by atoms with Crippen molar-refractivity contribution in [1.29, 1.82) is 0 Å². The Hall–Kier alpha value is -1.00. The number of fused-ring (bicyclic) bond motifs is 1. The summed E-state index contributed by atoms with van der Waals surface area (Å²) in [5.41, 5.74) is 0.823. The van der Waals surface area contributed by atoms with E-state index in [1.165, 1.54) is 23.5 Å². The smallest absolute Gasteiger partial charge is 0.141 e. The maximum atomic E-state index is 13.7. The summed E-state index contributed by atoms with van der Waals surface area (Å²) in [4.78, 5) is 0.990. The van der Waals surface area contributed by atoms with Crippen molar-refractivity contribution in [3.63, 3.8) is 0 Å².